The first-order valence-electron chi connectivity index (χ1n) is 12.2. The lowest BCUT2D eigenvalue weighted by Crippen LogP contribution is -2.46. The van der Waals surface area contributed by atoms with E-state index in [0.29, 0.717) is 18.0 Å². The maximum Gasteiger partial charge on any atom is 0.243 e. The number of aromatic hydroxyl groups is 1. The minimum Gasteiger partial charge on any atom is -0.508 e. The van der Waals surface area contributed by atoms with Crippen molar-refractivity contribution in [1.82, 2.24) is 18.8 Å². The Labute approximate surface area is 201 Å². The first kappa shape index (κ1) is 23.1. The van der Waals surface area contributed by atoms with Crippen LogP contribution in [0.5, 0.6) is 5.75 Å². The summed E-state index contributed by atoms with van der Waals surface area (Å²) in [5, 5.41) is 9.53. The quantitative estimate of drug-likeness (QED) is 0.580. The van der Waals surface area contributed by atoms with Crippen LogP contribution in [0.1, 0.15) is 32.0 Å². The highest BCUT2D eigenvalue weighted by molar-refractivity contribution is 7.89. The molecular weight excluding hydrogens is 450 g/mol. The van der Waals surface area contributed by atoms with Crippen molar-refractivity contribution in [1.29, 1.82) is 0 Å². The third-order valence-electron chi connectivity index (χ3n) is 7.02. The number of benzene rings is 2. The molecule has 0 unspecified atom stereocenters. The molecule has 0 aliphatic carbocycles. The SMILES string of the molecule is CCn1c(CN2CCN(c3ccc(O)cc3)CC2)nc2cc(S(=O)(=O)N3CCCCC3)ccc21. The standard InChI is InChI=1S/C25H33N5O3S/c1-2-30-24-11-10-22(34(32,33)29-12-4-3-5-13-29)18-23(24)26-25(30)19-27-14-16-28(17-15-27)20-6-8-21(31)9-7-20/h6-11,18,31H,2-5,12-17,19H2,1H3. The lowest BCUT2D eigenvalue weighted by atomic mass is 10.2. The van der Waals surface area contributed by atoms with Crippen molar-refractivity contribution in [3.05, 3.63) is 48.3 Å². The Morgan fingerprint density at radius 3 is 2.29 bits per heavy atom. The minimum absolute atomic E-state index is 0.285. The largest absolute Gasteiger partial charge is 0.508 e. The molecule has 2 aliphatic rings. The van der Waals surface area contributed by atoms with E-state index >= 15 is 0 Å². The third kappa shape index (κ3) is 4.52. The smallest absolute Gasteiger partial charge is 0.243 e. The molecule has 2 aromatic carbocycles. The molecule has 5 rings (SSSR count). The minimum atomic E-state index is -3.47. The van der Waals surface area contributed by atoms with Gasteiger partial charge in [-0.05, 0) is 62.2 Å². The van der Waals surface area contributed by atoms with E-state index in [0.717, 1.165) is 81.1 Å². The highest BCUT2D eigenvalue weighted by Crippen LogP contribution is 2.26. The molecule has 1 N–H and O–H groups in total. The van der Waals surface area contributed by atoms with E-state index in [1.54, 1.807) is 28.6 Å². The predicted octanol–water partition coefficient (Wildman–Crippen LogP) is 3.26. The van der Waals surface area contributed by atoms with E-state index in [2.05, 4.69) is 21.3 Å². The number of phenols is 1. The van der Waals surface area contributed by atoms with Crippen molar-refractivity contribution in [3.63, 3.8) is 0 Å². The number of anilines is 1. The number of piperazine rings is 1. The maximum atomic E-state index is 13.1. The highest BCUT2D eigenvalue weighted by Gasteiger charge is 2.27. The van der Waals surface area contributed by atoms with Crippen LogP contribution in [0.25, 0.3) is 11.0 Å². The Kier molecular flexibility index (Phi) is 6.50. The summed E-state index contributed by atoms with van der Waals surface area (Å²) >= 11 is 0. The van der Waals surface area contributed by atoms with Crippen LogP contribution in [0.3, 0.4) is 0 Å². The molecule has 34 heavy (non-hydrogen) atoms. The zero-order valence-electron chi connectivity index (χ0n) is 19.7. The summed E-state index contributed by atoms with van der Waals surface area (Å²) in [6.07, 6.45) is 2.95. The molecule has 0 radical (unpaired) electrons. The Morgan fingerprint density at radius 2 is 1.62 bits per heavy atom. The first-order valence-corrected chi connectivity index (χ1v) is 13.7. The molecule has 2 saturated heterocycles. The van der Waals surface area contributed by atoms with Gasteiger partial charge in [0.2, 0.25) is 10.0 Å². The van der Waals surface area contributed by atoms with Crippen LogP contribution in [-0.4, -0.2) is 71.5 Å². The monoisotopic (exact) mass is 483 g/mol. The molecule has 0 bridgehead atoms. The number of aryl methyl sites for hydroxylation is 1. The second-order valence-electron chi connectivity index (χ2n) is 9.17. The van der Waals surface area contributed by atoms with Gasteiger partial charge in [-0.2, -0.15) is 4.31 Å². The van der Waals surface area contributed by atoms with Crippen LogP contribution in [0.4, 0.5) is 5.69 Å². The van der Waals surface area contributed by atoms with Gasteiger partial charge in [-0.25, -0.2) is 13.4 Å². The van der Waals surface area contributed by atoms with Crippen molar-refractivity contribution in [2.24, 2.45) is 0 Å². The molecule has 0 spiro atoms. The highest BCUT2D eigenvalue weighted by atomic mass is 32.2. The fourth-order valence-electron chi connectivity index (χ4n) is 5.08. The van der Waals surface area contributed by atoms with Gasteiger partial charge in [0, 0.05) is 51.5 Å². The topological polar surface area (TPSA) is 81.9 Å². The molecule has 0 saturated carbocycles. The van der Waals surface area contributed by atoms with Crippen molar-refractivity contribution in [2.75, 3.05) is 44.2 Å². The maximum absolute atomic E-state index is 13.1. The lowest BCUT2D eigenvalue weighted by Gasteiger charge is -2.36. The van der Waals surface area contributed by atoms with Crippen LogP contribution in [0.15, 0.2) is 47.4 Å². The molecule has 3 heterocycles. The van der Waals surface area contributed by atoms with Crippen molar-refractivity contribution in [2.45, 2.75) is 44.2 Å². The number of aromatic nitrogens is 2. The number of imidazole rings is 1. The Bertz CT molecular complexity index is 1240. The molecule has 0 amide bonds. The second kappa shape index (κ2) is 9.56. The van der Waals surface area contributed by atoms with Gasteiger partial charge in [0.05, 0.1) is 22.5 Å². The van der Waals surface area contributed by atoms with E-state index in [4.69, 9.17) is 4.98 Å². The van der Waals surface area contributed by atoms with Gasteiger partial charge >= 0.3 is 0 Å². The van der Waals surface area contributed by atoms with Crippen LogP contribution in [-0.2, 0) is 23.1 Å². The van der Waals surface area contributed by atoms with Gasteiger partial charge in [-0.15, -0.1) is 0 Å². The second-order valence-corrected chi connectivity index (χ2v) is 11.1. The Balaban J connectivity index is 1.32. The summed E-state index contributed by atoms with van der Waals surface area (Å²) in [5.74, 6) is 1.26. The van der Waals surface area contributed by atoms with E-state index in [1.165, 1.54) is 0 Å². The van der Waals surface area contributed by atoms with Gasteiger partial charge in [0.25, 0.3) is 0 Å². The van der Waals surface area contributed by atoms with Gasteiger partial charge < -0.3 is 14.6 Å². The van der Waals surface area contributed by atoms with Crippen LogP contribution >= 0.6 is 0 Å². The number of nitrogens with zero attached hydrogens (tertiary/aromatic N) is 5. The average molecular weight is 484 g/mol. The van der Waals surface area contributed by atoms with Gasteiger partial charge in [-0.1, -0.05) is 6.42 Å². The van der Waals surface area contributed by atoms with E-state index in [-0.39, 0.29) is 5.75 Å². The van der Waals surface area contributed by atoms with Gasteiger partial charge in [0.1, 0.15) is 11.6 Å². The molecule has 0 atom stereocenters. The molecule has 2 aliphatic heterocycles. The fraction of sp³-hybridized carbons (Fsp3) is 0.480. The van der Waals surface area contributed by atoms with Crippen LogP contribution in [0, 0.1) is 0 Å². The molecule has 2 fully saturated rings. The summed E-state index contributed by atoms with van der Waals surface area (Å²) in [5.41, 5.74) is 2.86. The summed E-state index contributed by atoms with van der Waals surface area (Å²) < 4.78 is 30.1. The van der Waals surface area contributed by atoms with Crippen LogP contribution in [0.2, 0.25) is 0 Å². The summed E-state index contributed by atoms with van der Waals surface area (Å²) in [7, 11) is -3.47. The normalized spacial score (nSPS) is 18.6. The third-order valence-corrected chi connectivity index (χ3v) is 8.91. The number of fused-ring (bicyclic) bond motifs is 1. The summed E-state index contributed by atoms with van der Waals surface area (Å²) in [6.45, 7) is 8.50. The van der Waals surface area contributed by atoms with E-state index in [1.807, 2.05) is 18.2 Å². The van der Waals surface area contributed by atoms with Crippen molar-refractivity contribution >= 4 is 26.7 Å². The molecule has 1 aromatic heterocycles. The zero-order chi connectivity index (χ0) is 23.7. The first-order chi connectivity index (χ1) is 16.5. The fourth-order valence-corrected chi connectivity index (χ4v) is 6.61. The van der Waals surface area contributed by atoms with E-state index < -0.39 is 10.0 Å². The Hall–Kier alpha value is -2.62. The van der Waals surface area contributed by atoms with Crippen molar-refractivity contribution < 1.29 is 13.5 Å². The molecular formula is C25H33N5O3S. The van der Waals surface area contributed by atoms with Crippen molar-refractivity contribution in [3.8, 4) is 5.75 Å². The number of sulfonamides is 1. The molecule has 3 aromatic rings. The number of phenolic OH excluding ortho intramolecular Hbond substituents is 1. The summed E-state index contributed by atoms with van der Waals surface area (Å²) in [4.78, 5) is 9.95. The number of rotatable bonds is 6. The lowest BCUT2D eigenvalue weighted by molar-refractivity contribution is 0.241. The number of hydrogen-bond donors (Lipinski definition) is 1. The van der Waals surface area contributed by atoms with Gasteiger partial charge in [-0.3, -0.25) is 4.90 Å². The Morgan fingerprint density at radius 1 is 0.912 bits per heavy atom. The number of hydrogen-bond acceptors (Lipinski definition) is 6. The molecule has 9 heteroatoms. The molecule has 8 nitrogen and oxygen atoms in total. The van der Waals surface area contributed by atoms with E-state index in [9.17, 15) is 13.5 Å². The predicted molar refractivity (Wildman–Crippen MR) is 134 cm³/mol. The van der Waals surface area contributed by atoms with Gasteiger partial charge in [0.15, 0.2) is 0 Å². The van der Waals surface area contributed by atoms with Crippen LogP contribution < -0.4 is 4.90 Å². The average Bonchev–Trinajstić information content (AvgIpc) is 3.21. The number of piperidine rings is 1. The summed E-state index contributed by atoms with van der Waals surface area (Å²) in [6, 6.07) is 12.8. The zero-order valence-corrected chi connectivity index (χ0v) is 20.5. The molecule has 182 valence electrons.